The molecule has 17 heavy (non-hydrogen) atoms. The molecular formula is C12H15N5. The van der Waals surface area contributed by atoms with Gasteiger partial charge in [-0.15, -0.1) is 0 Å². The predicted molar refractivity (Wildman–Crippen MR) is 66.2 cm³/mol. The molecule has 0 heterocycles. The van der Waals surface area contributed by atoms with Crippen LogP contribution in [0.5, 0.6) is 0 Å². The molecule has 1 N–H and O–H groups in total. The highest BCUT2D eigenvalue weighted by molar-refractivity contribution is 5.21. The van der Waals surface area contributed by atoms with Crippen molar-refractivity contribution in [3.05, 3.63) is 46.3 Å². The van der Waals surface area contributed by atoms with Crippen molar-refractivity contribution < 1.29 is 0 Å². The van der Waals surface area contributed by atoms with E-state index in [0.717, 1.165) is 5.56 Å². The molecule has 88 valence electrons. The largest absolute Gasteiger partial charge is 0.299 e. The third kappa shape index (κ3) is 4.56. The second-order valence-corrected chi connectivity index (χ2v) is 3.99. The lowest BCUT2D eigenvalue weighted by molar-refractivity contribution is 0.451. The van der Waals surface area contributed by atoms with Crippen molar-refractivity contribution in [2.75, 3.05) is 13.1 Å². The lowest BCUT2D eigenvalue weighted by atomic mass is 9.94. The summed E-state index contributed by atoms with van der Waals surface area (Å²) in [5.41, 5.74) is 8.63. The number of hydrogen-bond acceptors (Lipinski definition) is 3. The van der Waals surface area contributed by atoms with Crippen LogP contribution in [0.25, 0.3) is 10.4 Å². The van der Waals surface area contributed by atoms with Gasteiger partial charge < -0.3 is 0 Å². The van der Waals surface area contributed by atoms with Gasteiger partial charge in [0, 0.05) is 24.4 Å². The highest BCUT2D eigenvalue weighted by atomic mass is 15.1. The SMILES string of the molecule is CC(C#N)(Cc1ccccc1)NCCN=[N+]=[N-]. The van der Waals surface area contributed by atoms with Crippen molar-refractivity contribution in [1.82, 2.24) is 5.32 Å². The summed E-state index contributed by atoms with van der Waals surface area (Å²) in [6, 6.07) is 12.1. The van der Waals surface area contributed by atoms with Crippen LogP contribution in [-0.2, 0) is 6.42 Å². The predicted octanol–water partition coefficient (Wildman–Crippen LogP) is 2.41. The summed E-state index contributed by atoms with van der Waals surface area (Å²) in [6.45, 7) is 2.69. The summed E-state index contributed by atoms with van der Waals surface area (Å²) in [6.07, 6.45) is 0.626. The third-order valence-electron chi connectivity index (χ3n) is 2.44. The maximum absolute atomic E-state index is 9.19. The molecule has 0 spiro atoms. The average molecular weight is 229 g/mol. The molecule has 0 radical (unpaired) electrons. The Morgan fingerprint density at radius 2 is 2.18 bits per heavy atom. The Labute approximate surface area is 101 Å². The molecule has 0 aliphatic rings. The first-order valence-electron chi connectivity index (χ1n) is 5.41. The molecule has 0 aliphatic carbocycles. The van der Waals surface area contributed by atoms with Gasteiger partial charge in [-0.1, -0.05) is 35.4 Å². The van der Waals surface area contributed by atoms with Gasteiger partial charge in [-0.3, -0.25) is 5.32 Å². The molecule has 0 amide bonds. The molecule has 1 aromatic rings. The van der Waals surface area contributed by atoms with Gasteiger partial charge in [-0.2, -0.15) is 5.26 Å². The van der Waals surface area contributed by atoms with Crippen LogP contribution in [-0.4, -0.2) is 18.6 Å². The average Bonchev–Trinajstić information content (AvgIpc) is 2.36. The van der Waals surface area contributed by atoms with E-state index >= 15 is 0 Å². The van der Waals surface area contributed by atoms with Gasteiger partial charge in [-0.05, 0) is 18.0 Å². The zero-order valence-corrected chi connectivity index (χ0v) is 9.80. The molecule has 1 unspecified atom stereocenters. The van der Waals surface area contributed by atoms with E-state index < -0.39 is 5.54 Å². The first-order chi connectivity index (χ1) is 8.20. The van der Waals surface area contributed by atoms with Crippen molar-refractivity contribution >= 4 is 0 Å². The third-order valence-corrected chi connectivity index (χ3v) is 2.44. The Morgan fingerprint density at radius 1 is 1.47 bits per heavy atom. The van der Waals surface area contributed by atoms with Gasteiger partial charge in [-0.25, -0.2) is 0 Å². The minimum absolute atomic E-state index is 0.350. The van der Waals surface area contributed by atoms with E-state index in [-0.39, 0.29) is 0 Å². The summed E-state index contributed by atoms with van der Waals surface area (Å²) in [5, 5.41) is 15.7. The lowest BCUT2D eigenvalue weighted by Gasteiger charge is -2.23. The maximum Gasteiger partial charge on any atom is 0.107 e. The molecule has 5 heteroatoms. The van der Waals surface area contributed by atoms with Crippen LogP contribution in [0, 0.1) is 11.3 Å². The minimum Gasteiger partial charge on any atom is -0.299 e. The number of nitrogens with zero attached hydrogens (tertiary/aromatic N) is 4. The second kappa shape index (κ2) is 6.54. The van der Waals surface area contributed by atoms with Crippen LogP contribution < -0.4 is 5.32 Å². The van der Waals surface area contributed by atoms with Crippen molar-refractivity contribution in [3.8, 4) is 6.07 Å². The van der Waals surface area contributed by atoms with E-state index in [1.54, 1.807) is 0 Å². The van der Waals surface area contributed by atoms with Crippen LogP contribution in [0.4, 0.5) is 0 Å². The molecule has 0 aliphatic heterocycles. The Hall–Kier alpha value is -2.02. The topological polar surface area (TPSA) is 84.6 Å². The number of azide groups is 1. The van der Waals surface area contributed by atoms with E-state index in [0.29, 0.717) is 19.5 Å². The van der Waals surface area contributed by atoms with Gasteiger partial charge in [0.2, 0.25) is 0 Å². The molecule has 0 saturated carbocycles. The molecule has 0 fully saturated rings. The summed E-state index contributed by atoms with van der Waals surface area (Å²) < 4.78 is 0. The molecule has 0 bridgehead atoms. The number of rotatable bonds is 6. The van der Waals surface area contributed by atoms with E-state index in [9.17, 15) is 5.26 Å². The van der Waals surface area contributed by atoms with Gasteiger partial charge >= 0.3 is 0 Å². The molecule has 0 saturated heterocycles. The zero-order chi connectivity index (χ0) is 12.6. The molecule has 1 aromatic carbocycles. The first kappa shape index (κ1) is 13.0. The number of hydrogen-bond donors (Lipinski definition) is 1. The molecule has 0 aromatic heterocycles. The Morgan fingerprint density at radius 3 is 2.76 bits per heavy atom. The van der Waals surface area contributed by atoms with Gasteiger partial charge in [0.05, 0.1) is 6.07 Å². The summed E-state index contributed by atoms with van der Waals surface area (Å²) >= 11 is 0. The molecule has 1 atom stereocenters. The number of benzene rings is 1. The Bertz CT molecular complexity index is 430. The molecular weight excluding hydrogens is 214 g/mol. The normalized spacial score (nSPS) is 13.2. The lowest BCUT2D eigenvalue weighted by Crippen LogP contribution is -2.44. The summed E-state index contributed by atoms with van der Waals surface area (Å²) in [5.74, 6) is 0. The quantitative estimate of drug-likeness (QED) is 0.351. The van der Waals surface area contributed by atoms with Crippen LogP contribution in [0.3, 0.4) is 0 Å². The Balaban J connectivity index is 2.57. The van der Waals surface area contributed by atoms with E-state index in [2.05, 4.69) is 21.4 Å². The van der Waals surface area contributed by atoms with E-state index in [1.165, 1.54) is 0 Å². The van der Waals surface area contributed by atoms with Crippen molar-refractivity contribution in [2.45, 2.75) is 18.9 Å². The van der Waals surface area contributed by atoms with Gasteiger partial charge in [0.15, 0.2) is 0 Å². The number of nitriles is 1. The van der Waals surface area contributed by atoms with E-state index in [4.69, 9.17) is 5.53 Å². The fourth-order valence-corrected chi connectivity index (χ4v) is 1.57. The van der Waals surface area contributed by atoms with Crippen LogP contribution in [0.2, 0.25) is 0 Å². The Kier molecular flexibility index (Phi) is 5.02. The van der Waals surface area contributed by atoms with Gasteiger partial charge in [0.1, 0.15) is 5.54 Å². The minimum atomic E-state index is -0.633. The van der Waals surface area contributed by atoms with Crippen molar-refractivity contribution in [1.29, 1.82) is 5.26 Å². The first-order valence-corrected chi connectivity index (χ1v) is 5.41. The second-order valence-electron chi connectivity index (χ2n) is 3.99. The highest BCUT2D eigenvalue weighted by Crippen LogP contribution is 2.11. The number of nitrogens with one attached hydrogen (secondary N) is 1. The van der Waals surface area contributed by atoms with Crippen molar-refractivity contribution in [2.24, 2.45) is 5.11 Å². The van der Waals surface area contributed by atoms with Gasteiger partial charge in [0.25, 0.3) is 0 Å². The molecule has 1 rings (SSSR count). The fourth-order valence-electron chi connectivity index (χ4n) is 1.57. The molecule has 5 nitrogen and oxygen atoms in total. The van der Waals surface area contributed by atoms with Crippen molar-refractivity contribution in [3.63, 3.8) is 0 Å². The summed E-state index contributed by atoms with van der Waals surface area (Å²) in [7, 11) is 0. The maximum atomic E-state index is 9.19. The smallest absolute Gasteiger partial charge is 0.107 e. The van der Waals surface area contributed by atoms with Crippen LogP contribution in [0.15, 0.2) is 35.4 Å². The van der Waals surface area contributed by atoms with E-state index in [1.807, 2.05) is 37.3 Å². The fraction of sp³-hybridized carbons (Fsp3) is 0.417. The highest BCUT2D eigenvalue weighted by Gasteiger charge is 2.22. The van der Waals surface area contributed by atoms with Crippen LogP contribution >= 0.6 is 0 Å². The van der Waals surface area contributed by atoms with Crippen LogP contribution in [0.1, 0.15) is 12.5 Å². The zero-order valence-electron chi connectivity index (χ0n) is 9.80. The summed E-state index contributed by atoms with van der Waals surface area (Å²) in [4.78, 5) is 2.67. The monoisotopic (exact) mass is 229 g/mol. The standard InChI is InChI=1S/C12H15N5/c1-12(10-13,15-7-8-16-17-14)9-11-5-3-2-4-6-11/h2-6,15H,7-9H2,1H3.